The Hall–Kier alpha value is -2.37. The number of aliphatic carboxylic acids is 1. The predicted octanol–water partition coefficient (Wildman–Crippen LogP) is 1.64. The number of hydrogen-bond donors (Lipinski definition) is 2. The van der Waals surface area contributed by atoms with Crippen molar-refractivity contribution >= 4 is 23.5 Å². The smallest absolute Gasteiger partial charge is 0.303 e. The van der Waals surface area contributed by atoms with Crippen LogP contribution in [0.1, 0.15) is 30.4 Å². The van der Waals surface area contributed by atoms with E-state index >= 15 is 0 Å². The molecule has 6 nitrogen and oxygen atoms in total. The summed E-state index contributed by atoms with van der Waals surface area (Å²) < 4.78 is 0. The first-order valence-electron chi connectivity index (χ1n) is 7.78. The maximum absolute atomic E-state index is 12.5. The zero-order valence-electron chi connectivity index (χ0n) is 13.5. The second-order valence-electron chi connectivity index (χ2n) is 5.89. The Bertz CT molecular complexity index is 627. The molecule has 0 aliphatic carbocycles. The fourth-order valence-electron chi connectivity index (χ4n) is 2.65. The van der Waals surface area contributed by atoms with Crippen molar-refractivity contribution in [2.75, 3.05) is 18.0 Å². The van der Waals surface area contributed by atoms with E-state index < -0.39 is 11.9 Å². The standard InChI is InChI=1S/C17H22N2O4/c1-11-5-6-13(10-12(11)2)19-9-7-14(17(19)23)16(22)18-8-3-4-15(20)21/h5-6,10,14H,3-4,7-9H2,1-2H3,(H,18,22)(H,20,21)/t14-/m0/s1. The molecule has 124 valence electrons. The van der Waals surface area contributed by atoms with Crippen molar-refractivity contribution < 1.29 is 19.5 Å². The van der Waals surface area contributed by atoms with Gasteiger partial charge in [0.05, 0.1) is 0 Å². The maximum atomic E-state index is 12.5. The number of carbonyl (C=O) groups is 3. The number of anilines is 1. The molecule has 1 fully saturated rings. The number of carboxylic acid groups (broad SMARTS) is 1. The van der Waals surface area contributed by atoms with E-state index in [1.165, 1.54) is 0 Å². The van der Waals surface area contributed by atoms with Gasteiger partial charge in [-0.05, 0) is 49.9 Å². The Balaban J connectivity index is 1.94. The molecule has 0 bridgehead atoms. The first-order chi connectivity index (χ1) is 10.9. The largest absolute Gasteiger partial charge is 0.481 e. The number of nitrogens with one attached hydrogen (secondary N) is 1. The van der Waals surface area contributed by atoms with Gasteiger partial charge < -0.3 is 15.3 Å². The van der Waals surface area contributed by atoms with Crippen molar-refractivity contribution in [3.63, 3.8) is 0 Å². The SMILES string of the molecule is Cc1ccc(N2CC[C@@H](C(=O)NCCCC(=O)O)C2=O)cc1C. The van der Waals surface area contributed by atoms with Crippen molar-refractivity contribution in [2.45, 2.75) is 33.1 Å². The number of aryl methyl sites for hydroxylation is 2. The monoisotopic (exact) mass is 318 g/mol. The summed E-state index contributed by atoms with van der Waals surface area (Å²) >= 11 is 0. The van der Waals surface area contributed by atoms with Crippen LogP contribution in [0.5, 0.6) is 0 Å². The second-order valence-corrected chi connectivity index (χ2v) is 5.89. The fraction of sp³-hybridized carbons (Fsp3) is 0.471. The highest BCUT2D eigenvalue weighted by molar-refractivity contribution is 6.09. The summed E-state index contributed by atoms with van der Waals surface area (Å²) in [7, 11) is 0. The van der Waals surface area contributed by atoms with Crippen LogP contribution in [0.25, 0.3) is 0 Å². The van der Waals surface area contributed by atoms with Gasteiger partial charge in [-0.25, -0.2) is 0 Å². The van der Waals surface area contributed by atoms with Crippen molar-refractivity contribution in [1.82, 2.24) is 5.32 Å². The van der Waals surface area contributed by atoms with E-state index in [2.05, 4.69) is 5.32 Å². The van der Waals surface area contributed by atoms with Gasteiger partial charge in [0.2, 0.25) is 11.8 Å². The van der Waals surface area contributed by atoms with Gasteiger partial charge in [0.25, 0.3) is 0 Å². The van der Waals surface area contributed by atoms with Gasteiger partial charge in [0, 0.05) is 25.2 Å². The number of nitrogens with zero attached hydrogens (tertiary/aromatic N) is 1. The molecule has 1 saturated heterocycles. The van der Waals surface area contributed by atoms with Crippen LogP contribution in [-0.2, 0) is 14.4 Å². The van der Waals surface area contributed by atoms with Crippen molar-refractivity contribution in [2.24, 2.45) is 5.92 Å². The molecule has 1 aromatic carbocycles. The van der Waals surface area contributed by atoms with Crippen LogP contribution < -0.4 is 10.2 Å². The first kappa shape index (κ1) is 17.0. The Kier molecular flexibility index (Phi) is 5.36. The van der Waals surface area contributed by atoms with Gasteiger partial charge in [-0.2, -0.15) is 0 Å². The minimum absolute atomic E-state index is 0.00760. The van der Waals surface area contributed by atoms with Gasteiger partial charge in [0.1, 0.15) is 5.92 Å². The quantitative estimate of drug-likeness (QED) is 0.616. The Morgan fingerprint density at radius 1 is 1.30 bits per heavy atom. The third-order valence-corrected chi connectivity index (χ3v) is 4.19. The minimum Gasteiger partial charge on any atom is -0.481 e. The summed E-state index contributed by atoms with van der Waals surface area (Å²) in [4.78, 5) is 36.6. The zero-order valence-corrected chi connectivity index (χ0v) is 13.5. The number of amides is 2. The molecule has 2 N–H and O–H groups in total. The Labute approximate surface area is 135 Å². The number of carboxylic acids is 1. The molecule has 0 saturated carbocycles. The zero-order chi connectivity index (χ0) is 17.0. The van der Waals surface area contributed by atoms with Crippen molar-refractivity contribution in [3.8, 4) is 0 Å². The van der Waals surface area contributed by atoms with E-state index in [0.717, 1.165) is 16.8 Å². The van der Waals surface area contributed by atoms with Crippen LogP contribution in [0.3, 0.4) is 0 Å². The third-order valence-electron chi connectivity index (χ3n) is 4.19. The van der Waals surface area contributed by atoms with Gasteiger partial charge in [-0.1, -0.05) is 6.07 Å². The van der Waals surface area contributed by atoms with Crippen LogP contribution in [0.15, 0.2) is 18.2 Å². The highest BCUT2D eigenvalue weighted by Gasteiger charge is 2.37. The predicted molar refractivity (Wildman–Crippen MR) is 86.3 cm³/mol. The lowest BCUT2D eigenvalue weighted by Gasteiger charge is -2.18. The fourth-order valence-corrected chi connectivity index (χ4v) is 2.65. The number of carbonyl (C=O) groups excluding carboxylic acids is 2. The third kappa shape index (κ3) is 4.09. The summed E-state index contributed by atoms with van der Waals surface area (Å²) in [5, 5.41) is 11.2. The first-order valence-corrected chi connectivity index (χ1v) is 7.78. The molecule has 0 spiro atoms. The lowest BCUT2D eigenvalue weighted by Crippen LogP contribution is -2.37. The molecule has 6 heteroatoms. The van der Waals surface area contributed by atoms with Crippen LogP contribution in [0, 0.1) is 19.8 Å². The summed E-state index contributed by atoms with van der Waals surface area (Å²) in [6, 6.07) is 5.82. The van der Waals surface area contributed by atoms with E-state index in [4.69, 9.17) is 5.11 Å². The topological polar surface area (TPSA) is 86.7 Å². The molecule has 2 rings (SSSR count). The van der Waals surface area contributed by atoms with E-state index in [1.54, 1.807) is 4.90 Å². The van der Waals surface area contributed by atoms with Crippen LogP contribution in [0.4, 0.5) is 5.69 Å². The molecule has 0 unspecified atom stereocenters. The van der Waals surface area contributed by atoms with E-state index in [0.29, 0.717) is 19.4 Å². The number of rotatable bonds is 6. The average Bonchev–Trinajstić information content (AvgIpc) is 2.88. The van der Waals surface area contributed by atoms with Gasteiger partial charge in [0.15, 0.2) is 0 Å². The van der Waals surface area contributed by atoms with E-state index in [-0.39, 0.29) is 24.8 Å². The Morgan fingerprint density at radius 2 is 2.04 bits per heavy atom. The molecular formula is C17H22N2O4. The van der Waals surface area contributed by atoms with Crippen LogP contribution in [0.2, 0.25) is 0 Å². The molecule has 0 aromatic heterocycles. The summed E-state index contributed by atoms with van der Waals surface area (Å²) in [6.07, 6.45) is 0.854. The minimum atomic E-state index is -0.892. The second kappa shape index (κ2) is 7.26. The van der Waals surface area contributed by atoms with E-state index in [1.807, 2.05) is 32.0 Å². The molecule has 1 heterocycles. The van der Waals surface area contributed by atoms with Crippen LogP contribution in [-0.4, -0.2) is 36.0 Å². The molecule has 1 aliphatic heterocycles. The molecule has 1 aromatic rings. The Morgan fingerprint density at radius 3 is 2.70 bits per heavy atom. The van der Waals surface area contributed by atoms with Gasteiger partial charge in [-0.3, -0.25) is 14.4 Å². The summed E-state index contributed by atoms with van der Waals surface area (Å²) in [6.45, 7) is 4.80. The highest BCUT2D eigenvalue weighted by Crippen LogP contribution is 2.27. The van der Waals surface area contributed by atoms with Gasteiger partial charge in [-0.15, -0.1) is 0 Å². The number of hydrogen-bond acceptors (Lipinski definition) is 3. The normalized spacial score (nSPS) is 17.4. The van der Waals surface area contributed by atoms with Gasteiger partial charge >= 0.3 is 5.97 Å². The molecular weight excluding hydrogens is 296 g/mol. The van der Waals surface area contributed by atoms with Crippen LogP contribution >= 0.6 is 0 Å². The molecule has 2 amide bonds. The lowest BCUT2D eigenvalue weighted by atomic mass is 10.1. The maximum Gasteiger partial charge on any atom is 0.303 e. The molecule has 23 heavy (non-hydrogen) atoms. The molecule has 1 atom stereocenters. The average molecular weight is 318 g/mol. The van der Waals surface area contributed by atoms with Crippen molar-refractivity contribution in [1.29, 1.82) is 0 Å². The molecule has 1 aliphatic rings. The lowest BCUT2D eigenvalue weighted by molar-refractivity contribution is -0.137. The van der Waals surface area contributed by atoms with E-state index in [9.17, 15) is 14.4 Å². The highest BCUT2D eigenvalue weighted by atomic mass is 16.4. The van der Waals surface area contributed by atoms with Crippen molar-refractivity contribution in [3.05, 3.63) is 29.3 Å². The number of benzene rings is 1. The summed E-state index contributed by atoms with van der Waals surface area (Å²) in [5.41, 5.74) is 3.09. The summed E-state index contributed by atoms with van der Waals surface area (Å²) in [5.74, 6) is -2.07. The molecule has 0 radical (unpaired) electrons.